The normalized spacial score (nSPS) is 10.9. The number of carboxylic acids is 1. The first-order chi connectivity index (χ1) is 19.2. The summed E-state index contributed by atoms with van der Waals surface area (Å²) in [6.07, 6.45) is 1.45. The number of nitrogens with zero attached hydrogens (tertiary/aromatic N) is 3. The summed E-state index contributed by atoms with van der Waals surface area (Å²) in [4.78, 5) is 64.3. The molecule has 5 rings (SSSR count). The Morgan fingerprint density at radius 1 is 0.875 bits per heavy atom. The highest BCUT2D eigenvalue weighted by Crippen LogP contribution is 2.19. The maximum absolute atomic E-state index is 13.0. The van der Waals surface area contributed by atoms with Crippen molar-refractivity contribution in [3.05, 3.63) is 115 Å². The van der Waals surface area contributed by atoms with E-state index in [1.807, 2.05) is 0 Å². The van der Waals surface area contributed by atoms with E-state index in [2.05, 4.69) is 26.0 Å². The number of rotatable bonds is 9. The first-order valence-electron chi connectivity index (χ1n) is 11.9. The Morgan fingerprint density at radius 3 is 2.33 bits per heavy atom. The Balaban J connectivity index is 1.27. The van der Waals surface area contributed by atoms with Crippen molar-refractivity contribution in [2.75, 3.05) is 11.1 Å². The third-order valence-electron chi connectivity index (χ3n) is 6.08. The second-order valence-electron chi connectivity index (χ2n) is 8.77. The maximum atomic E-state index is 13.0. The van der Waals surface area contributed by atoms with Crippen LogP contribution in [0.1, 0.15) is 42.5 Å². The summed E-state index contributed by atoms with van der Waals surface area (Å²) in [6, 6.07) is 15.8. The summed E-state index contributed by atoms with van der Waals surface area (Å²) in [5, 5.41) is 21.4. The zero-order chi connectivity index (χ0) is 28.4. The lowest BCUT2D eigenvalue weighted by atomic mass is 10.1. The van der Waals surface area contributed by atoms with Crippen molar-refractivity contribution in [1.82, 2.24) is 25.2 Å². The van der Waals surface area contributed by atoms with E-state index in [-0.39, 0.29) is 41.4 Å². The van der Waals surface area contributed by atoms with Gasteiger partial charge in [0.05, 0.1) is 11.8 Å². The van der Waals surface area contributed by atoms with Gasteiger partial charge in [-0.05, 0) is 35.4 Å². The van der Waals surface area contributed by atoms with Crippen LogP contribution in [-0.2, 0) is 13.1 Å². The molecule has 2 heterocycles. The summed E-state index contributed by atoms with van der Waals surface area (Å²) in [5.41, 5.74) is 6.45. The van der Waals surface area contributed by atoms with Gasteiger partial charge >= 0.3 is 5.97 Å². The molecule has 0 radical (unpaired) electrons. The molecule has 3 aromatic carbocycles. The summed E-state index contributed by atoms with van der Waals surface area (Å²) in [5.74, 6) is -2.09. The Bertz CT molecular complexity index is 1850. The van der Waals surface area contributed by atoms with Gasteiger partial charge < -0.3 is 26.8 Å². The number of hydrogen-bond donors (Lipinski definition) is 5. The van der Waals surface area contributed by atoms with Gasteiger partial charge in [0, 0.05) is 30.9 Å². The SMILES string of the molecule is Nc1c(Nc2cccc(CNC(=O)c3cc(C(=O)NCc4ccc(C(=O)O)cc4)n4nccc4n3)c2)c(=O)c1=O. The van der Waals surface area contributed by atoms with Gasteiger partial charge in [0.1, 0.15) is 22.8 Å². The van der Waals surface area contributed by atoms with Gasteiger partial charge in [-0.3, -0.25) is 19.2 Å². The van der Waals surface area contributed by atoms with E-state index in [1.165, 1.54) is 28.9 Å². The average Bonchev–Trinajstić information content (AvgIpc) is 3.45. The van der Waals surface area contributed by atoms with Crippen molar-refractivity contribution in [3.8, 4) is 0 Å². The van der Waals surface area contributed by atoms with Crippen LogP contribution in [0.3, 0.4) is 0 Å². The van der Waals surface area contributed by atoms with Crippen LogP contribution in [-0.4, -0.2) is 37.5 Å². The van der Waals surface area contributed by atoms with Crippen LogP contribution >= 0.6 is 0 Å². The number of benzene rings is 2. The van der Waals surface area contributed by atoms with Crippen molar-refractivity contribution >= 4 is 40.5 Å². The van der Waals surface area contributed by atoms with E-state index in [0.717, 1.165) is 0 Å². The molecular weight excluding hydrogens is 518 g/mol. The van der Waals surface area contributed by atoms with Gasteiger partial charge in [-0.15, -0.1) is 0 Å². The zero-order valence-corrected chi connectivity index (χ0v) is 20.7. The van der Waals surface area contributed by atoms with Gasteiger partial charge in [-0.2, -0.15) is 5.10 Å². The number of nitrogens with one attached hydrogen (secondary N) is 3. The fraction of sp³-hybridized carbons (Fsp3) is 0.0741. The van der Waals surface area contributed by atoms with Crippen molar-refractivity contribution in [2.45, 2.75) is 13.1 Å². The highest BCUT2D eigenvalue weighted by Gasteiger charge is 2.19. The summed E-state index contributed by atoms with van der Waals surface area (Å²) in [6.45, 7) is 0.230. The topological polar surface area (TPSA) is 198 Å². The van der Waals surface area contributed by atoms with E-state index < -0.39 is 28.6 Å². The number of hydrogen-bond acceptors (Lipinski definition) is 9. The van der Waals surface area contributed by atoms with E-state index in [4.69, 9.17) is 10.8 Å². The number of anilines is 3. The molecule has 0 aliphatic heterocycles. The fourth-order valence-corrected chi connectivity index (χ4v) is 3.94. The molecule has 200 valence electrons. The molecular formula is C27H21N7O6. The third kappa shape index (κ3) is 5.11. The molecule has 2 amide bonds. The first kappa shape index (κ1) is 25.8. The number of aromatic nitrogens is 3. The molecule has 0 spiro atoms. The Kier molecular flexibility index (Phi) is 6.76. The minimum Gasteiger partial charge on any atom is -0.478 e. The van der Waals surface area contributed by atoms with Crippen LogP contribution in [0, 0.1) is 0 Å². The van der Waals surface area contributed by atoms with Crippen LogP contribution in [0.5, 0.6) is 0 Å². The van der Waals surface area contributed by atoms with Crippen molar-refractivity contribution in [2.24, 2.45) is 0 Å². The highest BCUT2D eigenvalue weighted by atomic mass is 16.4. The zero-order valence-electron chi connectivity index (χ0n) is 20.7. The number of nitrogen functional groups attached to an aromatic ring is 1. The van der Waals surface area contributed by atoms with E-state index >= 15 is 0 Å². The molecule has 0 atom stereocenters. The molecule has 13 nitrogen and oxygen atoms in total. The largest absolute Gasteiger partial charge is 0.478 e. The number of amides is 2. The number of fused-ring (bicyclic) bond motifs is 1. The molecule has 0 saturated carbocycles. The lowest BCUT2D eigenvalue weighted by Crippen LogP contribution is -2.36. The number of aromatic carboxylic acids is 1. The molecule has 0 unspecified atom stereocenters. The van der Waals surface area contributed by atoms with Gasteiger partial charge in [-0.1, -0.05) is 24.3 Å². The van der Waals surface area contributed by atoms with Crippen LogP contribution in [0.25, 0.3) is 5.65 Å². The number of carbonyl (C=O) groups excluding carboxylic acids is 2. The van der Waals surface area contributed by atoms with Crippen LogP contribution in [0.15, 0.2) is 76.4 Å². The Morgan fingerprint density at radius 2 is 1.60 bits per heavy atom. The molecule has 2 aromatic heterocycles. The molecule has 0 bridgehead atoms. The van der Waals surface area contributed by atoms with Gasteiger partial charge in [0.25, 0.3) is 22.7 Å². The van der Waals surface area contributed by atoms with E-state index in [0.29, 0.717) is 22.5 Å². The number of carbonyl (C=O) groups is 3. The number of nitrogens with two attached hydrogens (primary N) is 1. The van der Waals surface area contributed by atoms with Gasteiger partial charge in [0.15, 0.2) is 5.65 Å². The molecule has 13 heteroatoms. The quantitative estimate of drug-likeness (QED) is 0.170. The molecule has 0 aliphatic carbocycles. The lowest BCUT2D eigenvalue weighted by Gasteiger charge is -2.12. The van der Waals surface area contributed by atoms with Crippen LogP contribution in [0.2, 0.25) is 0 Å². The minimum absolute atomic E-state index is 0.00486. The summed E-state index contributed by atoms with van der Waals surface area (Å²) >= 11 is 0. The predicted molar refractivity (Wildman–Crippen MR) is 144 cm³/mol. The third-order valence-corrected chi connectivity index (χ3v) is 6.08. The second-order valence-corrected chi connectivity index (χ2v) is 8.77. The van der Waals surface area contributed by atoms with Gasteiger partial charge in [0.2, 0.25) is 0 Å². The standard InChI is InChI=1S/C27H21N7O6/c28-21-22(24(36)23(21)35)32-17-3-1-2-15(10-17)13-29-25(37)18-11-19(34-20(33-18)8-9-31-34)26(38)30-12-14-4-6-16(7-5-14)27(39)40/h1-11,32H,12-13,28H2,(H,29,37)(H,30,38)(H,39,40). The Hall–Kier alpha value is -5.85. The number of carboxylic acid groups (broad SMARTS) is 1. The van der Waals surface area contributed by atoms with Crippen molar-refractivity contribution in [3.63, 3.8) is 0 Å². The van der Waals surface area contributed by atoms with Crippen molar-refractivity contribution in [1.29, 1.82) is 0 Å². The van der Waals surface area contributed by atoms with E-state index in [1.54, 1.807) is 42.5 Å². The molecule has 0 saturated heterocycles. The van der Waals surface area contributed by atoms with Crippen LogP contribution < -0.4 is 32.5 Å². The lowest BCUT2D eigenvalue weighted by molar-refractivity contribution is 0.0696. The Labute approximate surface area is 225 Å². The minimum atomic E-state index is -1.05. The van der Waals surface area contributed by atoms with Crippen LogP contribution in [0.4, 0.5) is 17.1 Å². The fourth-order valence-electron chi connectivity index (χ4n) is 3.94. The first-order valence-corrected chi connectivity index (χ1v) is 11.9. The average molecular weight is 540 g/mol. The molecule has 0 aliphatic rings. The van der Waals surface area contributed by atoms with E-state index in [9.17, 15) is 24.0 Å². The highest BCUT2D eigenvalue weighted by molar-refractivity contribution is 5.98. The van der Waals surface area contributed by atoms with Crippen molar-refractivity contribution < 1.29 is 19.5 Å². The maximum Gasteiger partial charge on any atom is 0.335 e. The van der Waals surface area contributed by atoms with Gasteiger partial charge in [-0.25, -0.2) is 14.3 Å². The monoisotopic (exact) mass is 539 g/mol. The molecule has 40 heavy (non-hydrogen) atoms. The summed E-state index contributed by atoms with van der Waals surface area (Å²) < 4.78 is 1.31. The molecule has 6 N–H and O–H groups in total. The molecule has 0 fully saturated rings. The molecule has 5 aromatic rings. The summed E-state index contributed by atoms with van der Waals surface area (Å²) in [7, 11) is 0. The predicted octanol–water partition coefficient (Wildman–Crippen LogP) is 1.21. The second kappa shape index (κ2) is 10.5. The smallest absolute Gasteiger partial charge is 0.335 e.